The molecule has 0 radical (unpaired) electrons. The summed E-state index contributed by atoms with van der Waals surface area (Å²) >= 11 is 0. The van der Waals surface area contributed by atoms with Gasteiger partial charge in [0.15, 0.2) is 17.3 Å². The second kappa shape index (κ2) is 8.36. The predicted molar refractivity (Wildman–Crippen MR) is 115 cm³/mol. The van der Waals surface area contributed by atoms with E-state index in [0.29, 0.717) is 33.9 Å². The molecule has 0 amide bonds. The van der Waals surface area contributed by atoms with E-state index in [4.69, 9.17) is 18.9 Å². The number of ether oxygens (including phenoxy) is 4. The van der Waals surface area contributed by atoms with E-state index in [0.717, 1.165) is 5.56 Å². The van der Waals surface area contributed by atoms with E-state index in [-0.39, 0.29) is 17.3 Å². The van der Waals surface area contributed by atoms with Crippen molar-refractivity contribution in [2.24, 2.45) is 0 Å². The summed E-state index contributed by atoms with van der Waals surface area (Å²) in [6.07, 6.45) is 1.60. The van der Waals surface area contributed by atoms with Crippen LogP contribution < -0.4 is 18.9 Å². The molecule has 6 nitrogen and oxygen atoms in total. The Balaban J connectivity index is 1.58. The van der Waals surface area contributed by atoms with Crippen molar-refractivity contribution >= 4 is 17.8 Å². The lowest BCUT2D eigenvalue weighted by Gasteiger charge is -2.10. The lowest BCUT2D eigenvalue weighted by atomic mass is 10.1. The Morgan fingerprint density at radius 3 is 2.45 bits per heavy atom. The second-order valence-corrected chi connectivity index (χ2v) is 6.94. The molecule has 0 saturated carbocycles. The number of benzene rings is 3. The number of para-hydroxylation sites is 1. The molecule has 1 aliphatic heterocycles. The average molecular weight is 416 g/mol. The summed E-state index contributed by atoms with van der Waals surface area (Å²) in [4.78, 5) is 25.1. The number of methoxy groups -OCH3 is 2. The van der Waals surface area contributed by atoms with Crippen molar-refractivity contribution < 1.29 is 28.5 Å². The molecule has 156 valence electrons. The standard InChI is InChI=1S/C25H20O6/c1-15-7-9-16(10-8-15)25(27)30-18-11-12-19-21(14-18)31-22(23(19)26)13-17-5-4-6-20(28-2)24(17)29-3/h4-14H,1-3H3/b22-13-. The fourth-order valence-electron chi connectivity index (χ4n) is 3.25. The minimum Gasteiger partial charge on any atom is -0.493 e. The van der Waals surface area contributed by atoms with Crippen molar-refractivity contribution in [1.29, 1.82) is 0 Å². The Labute approximate surface area is 179 Å². The number of allylic oxidation sites excluding steroid dienone is 1. The Hall–Kier alpha value is -4.06. The normalized spacial score (nSPS) is 13.5. The van der Waals surface area contributed by atoms with E-state index in [1.54, 1.807) is 55.7 Å². The molecule has 1 aliphatic rings. The first-order valence-corrected chi connectivity index (χ1v) is 9.58. The molecular formula is C25H20O6. The highest BCUT2D eigenvalue weighted by Gasteiger charge is 2.28. The minimum absolute atomic E-state index is 0.142. The summed E-state index contributed by atoms with van der Waals surface area (Å²) in [5.74, 6) is 1.05. The van der Waals surface area contributed by atoms with Crippen LogP contribution in [-0.2, 0) is 0 Å². The lowest BCUT2D eigenvalue weighted by Crippen LogP contribution is -2.08. The van der Waals surface area contributed by atoms with Gasteiger partial charge in [-0.1, -0.05) is 29.8 Å². The molecular weight excluding hydrogens is 396 g/mol. The zero-order chi connectivity index (χ0) is 22.0. The molecule has 1 heterocycles. The molecule has 31 heavy (non-hydrogen) atoms. The van der Waals surface area contributed by atoms with Crippen molar-refractivity contribution in [3.8, 4) is 23.0 Å². The van der Waals surface area contributed by atoms with Crippen molar-refractivity contribution in [2.75, 3.05) is 14.2 Å². The van der Waals surface area contributed by atoms with Crippen LogP contribution >= 0.6 is 0 Å². The minimum atomic E-state index is -0.485. The number of hydrogen-bond donors (Lipinski definition) is 0. The smallest absolute Gasteiger partial charge is 0.343 e. The Morgan fingerprint density at radius 1 is 0.968 bits per heavy atom. The molecule has 0 spiro atoms. The Bertz CT molecular complexity index is 1190. The Morgan fingerprint density at radius 2 is 1.74 bits per heavy atom. The maximum Gasteiger partial charge on any atom is 0.343 e. The van der Waals surface area contributed by atoms with Crippen LogP contribution in [-0.4, -0.2) is 26.0 Å². The molecule has 4 rings (SSSR count). The number of Topliss-reactive ketones (excluding diaryl/α,β-unsaturated/α-hetero) is 1. The first-order chi connectivity index (χ1) is 15.0. The van der Waals surface area contributed by atoms with Crippen molar-refractivity contribution in [1.82, 2.24) is 0 Å². The second-order valence-electron chi connectivity index (χ2n) is 6.94. The molecule has 3 aromatic rings. The summed E-state index contributed by atoms with van der Waals surface area (Å²) in [6.45, 7) is 1.94. The molecule has 0 N–H and O–H groups in total. The van der Waals surface area contributed by atoms with Gasteiger partial charge in [-0.3, -0.25) is 4.79 Å². The number of carbonyl (C=O) groups excluding carboxylic acids is 2. The third kappa shape index (κ3) is 4.00. The molecule has 0 unspecified atom stereocenters. The van der Waals surface area contributed by atoms with Gasteiger partial charge in [-0.2, -0.15) is 0 Å². The molecule has 0 fully saturated rings. The molecule has 0 aliphatic carbocycles. The van der Waals surface area contributed by atoms with Crippen molar-refractivity contribution in [3.63, 3.8) is 0 Å². The van der Waals surface area contributed by atoms with E-state index >= 15 is 0 Å². The molecule has 6 heteroatoms. The first kappa shape index (κ1) is 20.2. The highest BCUT2D eigenvalue weighted by atomic mass is 16.5. The zero-order valence-electron chi connectivity index (χ0n) is 17.3. The van der Waals surface area contributed by atoms with E-state index in [9.17, 15) is 9.59 Å². The third-order valence-corrected chi connectivity index (χ3v) is 4.86. The third-order valence-electron chi connectivity index (χ3n) is 4.86. The van der Waals surface area contributed by atoms with E-state index in [1.165, 1.54) is 13.2 Å². The van der Waals surface area contributed by atoms with Crippen LogP contribution in [0.25, 0.3) is 6.08 Å². The predicted octanol–water partition coefficient (Wildman–Crippen LogP) is 4.85. The quantitative estimate of drug-likeness (QED) is 0.336. The highest BCUT2D eigenvalue weighted by Crippen LogP contribution is 2.37. The molecule has 0 saturated heterocycles. The first-order valence-electron chi connectivity index (χ1n) is 9.58. The number of ketones is 1. The monoisotopic (exact) mass is 416 g/mol. The van der Waals surface area contributed by atoms with Crippen molar-refractivity contribution in [3.05, 3.63) is 88.7 Å². The van der Waals surface area contributed by atoms with Gasteiger partial charge < -0.3 is 18.9 Å². The van der Waals surface area contributed by atoms with Gasteiger partial charge in [0.25, 0.3) is 0 Å². The van der Waals surface area contributed by atoms with Crippen LogP contribution in [0, 0.1) is 6.92 Å². The zero-order valence-corrected chi connectivity index (χ0v) is 17.3. The van der Waals surface area contributed by atoms with E-state index < -0.39 is 5.97 Å². The molecule has 3 aromatic carbocycles. The average Bonchev–Trinajstić information content (AvgIpc) is 3.08. The van der Waals surface area contributed by atoms with Gasteiger partial charge in [0, 0.05) is 11.6 Å². The highest BCUT2D eigenvalue weighted by molar-refractivity contribution is 6.14. The fraction of sp³-hybridized carbons (Fsp3) is 0.120. The van der Waals surface area contributed by atoms with Gasteiger partial charge >= 0.3 is 5.97 Å². The topological polar surface area (TPSA) is 71.1 Å². The Kier molecular flexibility index (Phi) is 5.45. The number of rotatable bonds is 5. The SMILES string of the molecule is COc1cccc(/C=C2\Oc3cc(OC(=O)c4ccc(C)cc4)ccc3C2=O)c1OC. The maximum atomic E-state index is 12.8. The number of carbonyl (C=O) groups is 2. The van der Waals surface area contributed by atoms with Crippen molar-refractivity contribution in [2.45, 2.75) is 6.92 Å². The van der Waals surface area contributed by atoms with Gasteiger partial charge in [-0.25, -0.2) is 4.79 Å². The summed E-state index contributed by atoms with van der Waals surface area (Å²) < 4.78 is 21.9. The number of fused-ring (bicyclic) bond motifs is 1. The molecule has 0 atom stereocenters. The van der Waals surface area contributed by atoms with Gasteiger partial charge in [-0.05, 0) is 43.3 Å². The van der Waals surface area contributed by atoms with Gasteiger partial charge in [-0.15, -0.1) is 0 Å². The van der Waals surface area contributed by atoms with Crippen LogP contribution in [0.15, 0.2) is 66.4 Å². The summed E-state index contributed by atoms with van der Waals surface area (Å²) in [5.41, 5.74) is 2.52. The summed E-state index contributed by atoms with van der Waals surface area (Å²) in [5, 5.41) is 0. The van der Waals surface area contributed by atoms with Crippen LogP contribution in [0.3, 0.4) is 0 Å². The largest absolute Gasteiger partial charge is 0.493 e. The summed E-state index contributed by atoms with van der Waals surface area (Å²) in [7, 11) is 3.07. The summed E-state index contributed by atoms with van der Waals surface area (Å²) in [6, 6.07) is 17.1. The van der Waals surface area contributed by atoms with Crippen LogP contribution in [0.4, 0.5) is 0 Å². The van der Waals surface area contributed by atoms with Crippen LogP contribution in [0.5, 0.6) is 23.0 Å². The fourth-order valence-corrected chi connectivity index (χ4v) is 3.25. The van der Waals surface area contributed by atoms with E-state index in [1.807, 2.05) is 19.1 Å². The number of hydrogen-bond acceptors (Lipinski definition) is 6. The molecule has 0 bridgehead atoms. The number of esters is 1. The van der Waals surface area contributed by atoms with Gasteiger partial charge in [0.2, 0.25) is 5.78 Å². The lowest BCUT2D eigenvalue weighted by molar-refractivity contribution is 0.0734. The van der Waals surface area contributed by atoms with Crippen LogP contribution in [0.1, 0.15) is 31.8 Å². The molecule has 0 aromatic heterocycles. The van der Waals surface area contributed by atoms with Crippen LogP contribution in [0.2, 0.25) is 0 Å². The van der Waals surface area contributed by atoms with E-state index in [2.05, 4.69) is 0 Å². The van der Waals surface area contributed by atoms with Gasteiger partial charge in [0.05, 0.1) is 25.3 Å². The number of aryl methyl sites for hydroxylation is 1. The van der Waals surface area contributed by atoms with Gasteiger partial charge in [0.1, 0.15) is 11.5 Å². The maximum absolute atomic E-state index is 12.8.